The van der Waals surface area contributed by atoms with Crippen LogP contribution in [0.1, 0.15) is 26.7 Å². The summed E-state index contributed by atoms with van der Waals surface area (Å²) in [5.74, 6) is 5.78. The van der Waals surface area contributed by atoms with Crippen molar-refractivity contribution in [2.45, 2.75) is 38.3 Å². The van der Waals surface area contributed by atoms with Crippen LogP contribution < -0.4 is 5.84 Å². The van der Waals surface area contributed by atoms with Crippen LogP contribution in [0.4, 0.5) is 0 Å². The summed E-state index contributed by atoms with van der Waals surface area (Å²) in [5.41, 5.74) is 0.982. The van der Waals surface area contributed by atoms with E-state index in [4.69, 9.17) is 10.7 Å². The van der Waals surface area contributed by atoms with Gasteiger partial charge in [0.1, 0.15) is 0 Å². The number of hydrazine groups is 1. The third-order valence-corrected chi connectivity index (χ3v) is 2.68. The van der Waals surface area contributed by atoms with E-state index < -0.39 is 0 Å². The van der Waals surface area contributed by atoms with Gasteiger partial charge in [0, 0.05) is 18.9 Å². The van der Waals surface area contributed by atoms with Crippen molar-refractivity contribution in [1.29, 1.82) is 0 Å². The molecule has 1 fully saturated rings. The Morgan fingerprint density at radius 1 is 1.75 bits per heavy atom. The number of hydrogen-bond donors (Lipinski definition) is 1. The smallest absolute Gasteiger partial charge is 0.158 e. The van der Waals surface area contributed by atoms with Crippen molar-refractivity contribution < 1.29 is 4.84 Å². The van der Waals surface area contributed by atoms with Gasteiger partial charge >= 0.3 is 0 Å². The molecule has 0 aliphatic carbocycles. The lowest BCUT2D eigenvalue weighted by atomic mass is 9.95. The maximum Gasteiger partial charge on any atom is 0.158 e. The van der Waals surface area contributed by atoms with Crippen molar-refractivity contribution in [3.8, 4) is 0 Å². The zero-order valence-electron chi connectivity index (χ0n) is 7.58. The molecule has 0 amide bonds. The van der Waals surface area contributed by atoms with E-state index in [1.165, 1.54) is 0 Å². The minimum Gasteiger partial charge on any atom is -0.387 e. The van der Waals surface area contributed by atoms with Crippen molar-refractivity contribution in [1.82, 2.24) is 5.01 Å². The predicted octanol–water partition coefficient (Wildman–Crippen LogP) is 0.489. The summed E-state index contributed by atoms with van der Waals surface area (Å²) >= 11 is 0. The Morgan fingerprint density at radius 3 is 2.92 bits per heavy atom. The molecule has 2 N–H and O–H groups in total. The lowest BCUT2D eigenvalue weighted by molar-refractivity contribution is -0.0102. The molecule has 0 aromatic carbocycles. The zero-order chi connectivity index (χ0) is 8.77. The molecule has 1 saturated heterocycles. The SMILES string of the molecule is CC1=NOC2(C1)CC(C)N(N)C2. The molecule has 2 unspecified atom stereocenters. The molecule has 2 rings (SSSR count). The Bertz CT molecular complexity index is 216. The third kappa shape index (κ3) is 1.11. The van der Waals surface area contributed by atoms with Gasteiger partial charge in [-0.05, 0) is 13.8 Å². The normalized spacial score (nSPS) is 41.9. The number of hydrogen-bond acceptors (Lipinski definition) is 4. The molecule has 68 valence electrons. The second kappa shape index (κ2) is 2.44. The van der Waals surface area contributed by atoms with Crippen LogP contribution >= 0.6 is 0 Å². The van der Waals surface area contributed by atoms with Gasteiger partial charge in [0.2, 0.25) is 0 Å². The van der Waals surface area contributed by atoms with Crippen LogP contribution in [0, 0.1) is 0 Å². The van der Waals surface area contributed by atoms with Crippen LogP contribution in [0.3, 0.4) is 0 Å². The second-order valence-electron chi connectivity index (χ2n) is 4.00. The van der Waals surface area contributed by atoms with Crippen molar-refractivity contribution >= 4 is 5.71 Å². The van der Waals surface area contributed by atoms with Gasteiger partial charge in [-0.25, -0.2) is 5.01 Å². The molecule has 4 heteroatoms. The second-order valence-corrected chi connectivity index (χ2v) is 4.00. The monoisotopic (exact) mass is 169 g/mol. The largest absolute Gasteiger partial charge is 0.387 e. The summed E-state index contributed by atoms with van der Waals surface area (Å²) in [6, 6.07) is 0.408. The highest BCUT2D eigenvalue weighted by molar-refractivity contribution is 5.83. The summed E-state index contributed by atoms with van der Waals surface area (Å²) in [4.78, 5) is 5.42. The maximum absolute atomic E-state index is 5.78. The minimum absolute atomic E-state index is 0.0990. The molecule has 0 aromatic rings. The molecule has 2 aliphatic rings. The van der Waals surface area contributed by atoms with Gasteiger partial charge in [-0.1, -0.05) is 5.16 Å². The van der Waals surface area contributed by atoms with Gasteiger partial charge in [-0.3, -0.25) is 5.84 Å². The molecular formula is C8H15N3O. The molecule has 2 atom stereocenters. The summed E-state index contributed by atoms with van der Waals surface area (Å²) < 4.78 is 0. The molecule has 0 aromatic heterocycles. The van der Waals surface area contributed by atoms with E-state index in [1.807, 2.05) is 11.9 Å². The molecule has 0 saturated carbocycles. The highest BCUT2D eigenvalue weighted by Crippen LogP contribution is 2.35. The van der Waals surface area contributed by atoms with E-state index in [0.29, 0.717) is 6.04 Å². The van der Waals surface area contributed by atoms with Crippen molar-refractivity contribution in [3.63, 3.8) is 0 Å². The van der Waals surface area contributed by atoms with Crippen LogP contribution in [-0.4, -0.2) is 28.9 Å². The van der Waals surface area contributed by atoms with E-state index in [1.54, 1.807) is 0 Å². The third-order valence-electron chi connectivity index (χ3n) is 2.68. The fourth-order valence-electron chi connectivity index (χ4n) is 2.11. The minimum atomic E-state index is -0.0990. The molecule has 2 heterocycles. The standard InChI is InChI=1S/C8H15N3O/c1-6-3-8(12-10-6)4-7(2)11(9)5-8/h7H,3-5,9H2,1-2H3. The summed E-state index contributed by atoms with van der Waals surface area (Å²) in [6.45, 7) is 4.92. The Kier molecular flexibility index (Phi) is 1.63. The van der Waals surface area contributed by atoms with Crippen LogP contribution in [0.5, 0.6) is 0 Å². The number of nitrogens with two attached hydrogens (primary N) is 1. The van der Waals surface area contributed by atoms with Gasteiger partial charge in [-0.2, -0.15) is 0 Å². The highest BCUT2D eigenvalue weighted by atomic mass is 16.7. The van der Waals surface area contributed by atoms with Gasteiger partial charge in [0.15, 0.2) is 5.60 Å². The number of nitrogens with zero attached hydrogens (tertiary/aromatic N) is 2. The van der Waals surface area contributed by atoms with Crippen LogP contribution in [0.2, 0.25) is 0 Å². The lowest BCUT2D eigenvalue weighted by Gasteiger charge is -2.19. The quantitative estimate of drug-likeness (QED) is 0.537. The Balaban J connectivity index is 2.08. The van der Waals surface area contributed by atoms with Crippen molar-refractivity contribution in [3.05, 3.63) is 0 Å². The Morgan fingerprint density at radius 2 is 2.50 bits per heavy atom. The van der Waals surface area contributed by atoms with E-state index >= 15 is 0 Å². The topological polar surface area (TPSA) is 50.8 Å². The number of rotatable bonds is 0. The molecule has 2 aliphatic heterocycles. The van der Waals surface area contributed by atoms with Crippen LogP contribution in [-0.2, 0) is 4.84 Å². The van der Waals surface area contributed by atoms with Gasteiger partial charge in [0.25, 0.3) is 0 Å². The molecule has 12 heavy (non-hydrogen) atoms. The maximum atomic E-state index is 5.78. The predicted molar refractivity (Wildman–Crippen MR) is 46.5 cm³/mol. The first kappa shape index (κ1) is 8.01. The summed E-state index contributed by atoms with van der Waals surface area (Å²) in [6.07, 6.45) is 1.93. The van der Waals surface area contributed by atoms with Gasteiger partial charge < -0.3 is 4.84 Å². The number of oxime groups is 1. The van der Waals surface area contributed by atoms with Gasteiger partial charge in [-0.15, -0.1) is 0 Å². The molecule has 0 bridgehead atoms. The molecule has 0 radical (unpaired) electrons. The Hall–Kier alpha value is -0.610. The van der Waals surface area contributed by atoms with Crippen LogP contribution in [0.15, 0.2) is 5.16 Å². The molecular weight excluding hydrogens is 154 g/mol. The molecule has 1 spiro atoms. The first-order chi connectivity index (χ1) is 5.61. The fourth-order valence-corrected chi connectivity index (χ4v) is 2.11. The van der Waals surface area contributed by atoms with E-state index in [2.05, 4.69) is 12.1 Å². The Labute approximate surface area is 72.3 Å². The average Bonchev–Trinajstić information content (AvgIpc) is 2.42. The zero-order valence-corrected chi connectivity index (χ0v) is 7.58. The summed E-state index contributed by atoms with van der Waals surface area (Å²) in [5, 5.41) is 5.82. The first-order valence-electron chi connectivity index (χ1n) is 4.34. The highest BCUT2D eigenvalue weighted by Gasteiger charge is 2.46. The van der Waals surface area contributed by atoms with Crippen LogP contribution in [0.25, 0.3) is 0 Å². The lowest BCUT2D eigenvalue weighted by Crippen LogP contribution is -2.37. The fraction of sp³-hybridized carbons (Fsp3) is 0.875. The van der Waals surface area contributed by atoms with Crippen molar-refractivity contribution in [2.75, 3.05) is 6.54 Å². The first-order valence-corrected chi connectivity index (χ1v) is 4.34. The van der Waals surface area contributed by atoms with Gasteiger partial charge in [0.05, 0.1) is 12.3 Å². The van der Waals surface area contributed by atoms with E-state index in [0.717, 1.165) is 25.1 Å². The van der Waals surface area contributed by atoms with E-state index in [-0.39, 0.29) is 5.60 Å². The average molecular weight is 169 g/mol. The summed E-state index contributed by atoms with van der Waals surface area (Å²) in [7, 11) is 0. The van der Waals surface area contributed by atoms with Crippen molar-refractivity contribution in [2.24, 2.45) is 11.0 Å². The van der Waals surface area contributed by atoms with E-state index in [9.17, 15) is 0 Å². The molecule has 4 nitrogen and oxygen atoms in total.